The Labute approximate surface area is 243 Å². The molecule has 1 saturated heterocycles. The summed E-state index contributed by atoms with van der Waals surface area (Å²) in [5.74, 6) is 0.910. The number of aliphatic hydroxyl groups is 1. The van der Waals surface area contributed by atoms with Crippen LogP contribution in [0.4, 0.5) is 0 Å². The highest BCUT2D eigenvalue weighted by Crippen LogP contribution is 2.43. The van der Waals surface area contributed by atoms with Gasteiger partial charge in [-0.15, -0.1) is 0 Å². The van der Waals surface area contributed by atoms with Crippen LogP contribution in [0.3, 0.4) is 0 Å². The first-order chi connectivity index (χ1) is 19.2. The molecular formula is C35H55NO4. The molecule has 4 atom stereocenters. The molecule has 0 unspecified atom stereocenters. The number of Topliss-reactive ketones (excluding diaryl/α,β-unsaturated/α-hetero) is 1. The maximum atomic E-state index is 12.6. The van der Waals surface area contributed by atoms with Crippen LogP contribution in [0, 0.1) is 11.8 Å². The molecule has 1 saturated carbocycles. The molecule has 1 heterocycles. The number of hydrogen-bond donors (Lipinski definition) is 2. The number of allylic oxidation sites excluding steroid dienone is 1. The molecule has 40 heavy (non-hydrogen) atoms. The van der Waals surface area contributed by atoms with E-state index in [0.29, 0.717) is 25.2 Å². The summed E-state index contributed by atoms with van der Waals surface area (Å²) in [6, 6.07) is 10.7. The lowest BCUT2D eigenvalue weighted by Crippen LogP contribution is -2.45. The third-order valence-corrected chi connectivity index (χ3v) is 9.16. The van der Waals surface area contributed by atoms with E-state index in [4.69, 9.17) is 4.74 Å². The van der Waals surface area contributed by atoms with E-state index in [1.807, 2.05) is 6.08 Å². The minimum Gasteiger partial charge on any atom is -0.389 e. The highest BCUT2D eigenvalue weighted by Gasteiger charge is 2.41. The Balaban J connectivity index is 1.32. The van der Waals surface area contributed by atoms with Crippen LogP contribution in [0.25, 0.3) is 0 Å². The predicted octanol–water partition coefficient (Wildman–Crippen LogP) is 7.45. The van der Waals surface area contributed by atoms with Gasteiger partial charge in [0.1, 0.15) is 5.78 Å². The second-order valence-electron chi connectivity index (χ2n) is 13.0. The number of aliphatic hydroxyl groups excluding tert-OH is 1. The Morgan fingerprint density at radius 2 is 1.90 bits per heavy atom. The van der Waals surface area contributed by atoms with Gasteiger partial charge in [0, 0.05) is 37.3 Å². The van der Waals surface area contributed by atoms with E-state index in [9.17, 15) is 14.7 Å². The number of ketones is 1. The van der Waals surface area contributed by atoms with Gasteiger partial charge in [-0.2, -0.15) is 0 Å². The summed E-state index contributed by atoms with van der Waals surface area (Å²) < 4.78 is 6.02. The average Bonchev–Trinajstić information content (AvgIpc) is 3.28. The fourth-order valence-electron chi connectivity index (χ4n) is 6.92. The predicted molar refractivity (Wildman–Crippen MR) is 163 cm³/mol. The van der Waals surface area contributed by atoms with E-state index in [1.54, 1.807) is 0 Å². The van der Waals surface area contributed by atoms with Crippen molar-refractivity contribution in [1.82, 2.24) is 5.32 Å². The van der Waals surface area contributed by atoms with Gasteiger partial charge in [0.15, 0.2) is 0 Å². The Bertz CT molecular complexity index is 927. The van der Waals surface area contributed by atoms with E-state index < -0.39 is 0 Å². The Kier molecular flexibility index (Phi) is 13.4. The number of carbonyl (C=O) groups excluding carboxylic acids is 2. The molecule has 224 valence electrons. The van der Waals surface area contributed by atoms with E-state index in [1.165, 1.54) is 5.56 Å². The summed E-state index contributed by atoms with van der Waals surface area (Å²) in [7, 11) is 0. The first kappa shape index (κ1) is 32.5. The van der Waals surface area contributed by atoms with Gasteiger partial charge in [0.2, 0.25) is 5.91 Å². The lowest BCUT2D eigenvalue weighted by molar-refractivity contribution is -0.122. The molecule has 2 aliphatic rings. The van der Waals surface area contributed by atoms with E-state index in [0.717, 1.165) is 90.1 Å². The molecule has 5 nitrogen and oxygen atoms in total. The van der Waals surface area contributed by atoms with Gasteiger partial charge >= 0.3 is 0 Å². The Morgan fingerprint density at radius 1 is 1.12 bits per heavy atom. The largest absolute Gasteiger partial charge is 0.389 e. The Hall–Kier alpha value is -1.98. The number of benzene rings is 1. The summed E-state index contributed by atoms with van der Waals surface area (Å²) in [5, 5.41) is 13.4. The highest BCUT2D eigenvalue weighted by molar-refractivity contribution is 5.83. The van der Waals surface area contributed by atoms with Crippen LogP contribution in [-0.2, 0) is 19.7 Å². The molecule has 1 aromatic rings. The fraction of sp³-hybridized carbons (Fsp3) is 0.714. The van der Waals surface area contributed by atoms with Gasteiger partial charge in [-0.25, -0.2) is 0 Å². The molecule has 0 bridgehead atoms. The van der Waals surface area contributed by atoms with Gasteiger partial charge < -0.3 is 15.2 Å². The van der Waals surface area contributed by atoms with Crippen molar-refractivity contribution in [3.05, 3.63) is 48.0 Å². The van der Waals surface area contributed by atoms with Gasteiger partial charge in [-0.3, -0.25) is 9.59 Å². The van der Waals surface area contributed by atoms with E-state index in [2.05, 4.69) is 62.5 Å². The topological polar surface area (TPSA) is 75.6 Å². The first-order valence-corrected chi connectivity index (χ1v) is 16.1. The molecule has 2 N–H and O–H groups in total. The van der Waals surface area contributed by atoms with Gasteiger partial charge in [0.05, 0.1) is 11.7 Å². The molecule has 1 amide bonds. The fourth-order valence-corrected chi connectivity index (χ4v) is 6.92. The number of hydrogen-bond acceptors (Lipinski definition) is 4. The van der Waals surface area contributed by atoms with Gasteiger partial charge in [-0.1, -0.05) is 87.9 Å². The zero-order chi connectivity index (χ0) is 28.8. The van der Waals surface area contributed by atoms with Crippen molar-refractivity contribution >= 4 is 11.7 Å². The average molecular weight is 554 g/mol. The first-order valence-electron chi connectivity index (χ1n) is 16.1. The number of carbonyl (C=O) groups is 2. The molecular weight excluding hydrogens is 498 g/mol. The lowest BCUT2D eigenvalue weighted by atomic mass is 9.67. The minimum absolute atomic E-state index is 0.0359. The van der Waals surface area contributed by atoms with Crippen molar-refractivity contribution in [2.75, 3.05) is 13.2 Å². The van der Waals surface area contributed by atoms with E-state index in [-0.39, 0.29) is 34.9 Å². The van der Waals surface area contributed by atoms with Crippen molar-refractivity contribution in [3.63, 3.8) is 0 Å². The lowest BCUT2D eigenvalue weighted by Gasteiger charge is -2.45. The van der Waals surface area contributed by atoms with Crippen molar-refractivity contribution in [3.8, 4) is 0 Å². The van der Waals surface area contributed by atoms with Crippen molar-refractivity contribution in [2.24, 2.45) is 11.8 Å². The van der Waals surface area contributed by atoms with Crippen LogP contribution < -0.4 is 5.32 Å². The summed E-state index contributed by atoms with van der Waals surface area (Å²) in [6.45, 7) is 7.95. The highest BCUT2D eigenvalue weighted by atomic mass is 16.5. The number of rotatable bonds is 17. The summed E-state index contributed by atoms with van der Waals surface area (Å²) >= 11 is 0. The Morgan fingerprint density at radius 3 is 2.65 bits per heavy atom. The third-order valence-electron chi connectivity index (χ3n) is 9.16. The maximum Gasteiger partial charge on any atom is 0.219 e. The van der Waals surface area contributed by atoms with Crippen LogP contribution in [0.15, 0.2) is 42.5 Å². The molecule has 1 aromatic carbocycles. The zero-order valence-electron chi connectivity index (χ0n) is 25.5. The minimum atomic E-state index is -0.388. The second kappa shape index (κ2) is 16.5. The summed E-state index contributed by atoms with van der Waals surface area (Å²) in [4.78, 5) is 25.0. The number of unbranched alkanes of at least 4 members (excludes halogenated alkanes) is 5. The van der Waals surface area contributed by atoms with Crippen molar-refractivity contribution < 1.29 is 19.4 Å². The van der Waals surface area contributed by atoms with Crippen LogP contribution in [-0.4, -0.2) is 41.7 Å². The summed E-state index contributed by atoms with van der Waals surface area (Å²) in [6.07, 6.45) is 17.8. The number of nitrogens with one attached hydrogen (secondary N) is 1. The van der Waals surface area contributed by atoms with E-state index >= 15 is 0 Å². The molecule has 0 spiro atoms. The smallest absolute Gasteiger partial charge is 0.219 e. The quantitative estimate of drug-likeness (QED) is 0.155. The van der Waals surface area contributed by atoms with Crippen LogP contribution in [0.5, 0.6) is 0 Å². The zero-order valence-corrected chi connectivity index (χ0v) is 25.5. The normalized spacial score (nSPS) is 25.4. The molecule has 1 aliphatic carbocycles. The number of amides is 1. The van der Waals surface area contributed by atoms with Crippen molar-refractivity contribution in [2.45, 2.75) is 134 Å². The molecule has 5 heteroatoms. The molecule has 1 aliphatic heterocycles. The van der Waals surface area contributed by atoms with Crippen LogP contribution in [0.1, 0.15) is 123 Å². The van der Waals surface area contributed by atoms with Gasteiger partial charge in [-0.05, 0) is 70.3 Å². The third kappa shape index (κ3) is 10.4. The molecule has 0 aromatic heterocycles. The van der Waals surface area contributed by atoms with Crippen molar-refractivity contribution in [1.29, 1.82) is 0 Å². The SMILES string of the molecule is CCCCC[C@H](O)/C=C/[C@H]1CCC(=O)[C@@H]1CCCCCCC(=O)NCC[C@]1(c2ccccc2)CCOC(C)(C)C1. The monoisotopic (exact) mass is 553 g/mol. The number of ether oxygens (including phenoxy) is 1. The second-order valence-corrected chi connectivity index (χ2v) is 13.0. The summed E-state index contributed by atoms with van der Waals surface area (Å²) in [5.41, 5.74) is 1.23. The van der Waals surface area contributed by atoms with Crippen LogP contribution in [0.2, 0.25) is 0 Å². The standard InChI is InChI=1S/C35H55NO4/c1-4-5-9-16-30(37)21-19-28-20-22-32(38)31(28)17-12-6-7-13-18-33(39)36-25-23-35(29-14-10-8-11-15-29)24-26-40-34(2,3)27-35/h8,10-11,14-15,19,21,28,30-31,37H,4-7,9,12-13,16-18,20,22-27H2,1-3H3,(H,36,39)/b21-19+/t28-,30-,31+,35-/m0/s1. The van der Waals surface area contributed by atoms with Gasteiger partial charge in [0.25, 0.3) is 0 Å². The molecule has 0 radical (unpaired) electrons. The molecule has 2 fully saturated rings. The van der Waals surface area contributed by atoms with Crippen LogP contribution >= 0.6 is 0 Å². The molecule has 3 rings (SSSR count). The maximum absolute atomic E-state index is 12.6.